The summed E-state index contributed by atoms with van der Waals surface area (Å²) in [4.78, 5) is 23.3. The molecule has 1 aliphatic rings. The number of benzene rings is 2. The monoisotopic (exact) mass is 502 g/mol. The average Bonchev–Trinajstić information content (AvgIpc) is 3.65. The molecule has 1 aliphatic carbocycles. The summed E-state index contributed by atoms with van der Waals surface area (Å²) in [7, 11) is 2.18. The lowest BCUT2D eigenvalue weighted by molar-refractivity contribution is 0.0729. The summed E-state index contributed by atoms with van der Waals surface area (Å²) < 4.78 is 2.37. The first-order valence-corrected chi connectivity index (χ1v) is 14.5. The van der Waals surface area contributed by atoms with Gasteiger partial charge < -0.3 is 14.4 Å². The fourth-order valence-electron chi connectivity index (χ4n) is 5.03. The molecule has 1 fully saturated rings. The smallest absolute Gasteiger partial charge is 0.254 e. The third-order valence-corrected chi connectivity index (χ3v) is 7.49. The fourth-order valence-corrected chi connectivity index (χ4v) is 5.03. The predicted molar refractivity (Wildman–Crippen MR) is 154 cm³/mol. The number of nitrogens with zero attached hydrogens (tertiary/aromatic N) is 4. The zero-order valence-corrected chi connectivity index (χ0v) is 23.5. The molecule has 0 atom stereocenters. The number of hydrogen-bond donors (Lipinski definition) is 0. The van der Waals surface area contributed by atoms with E-state index in [9.17, 15) is 4.79 Å². The lowest BCUT2D eigenvalue weighted by Gasteiger charge is -2.24. The van der Waals surface area contributed by atoms with Crippen LogP contribution in [0, 0.1) is 11.8 Å². The molecular formula is C32H46N4O. The molecule has 37 heavy (non-hydrogen) atoms. The van der Waals surface area contributed by atoms with Gasteiger partial charge in [0.2, 0.25) is 0 Å². The van der Waals surface area contributed by atoms with Crippen molar-refractivity contribution in [1.82, 2.24) is 19.4 Å². The second kappa shape index (κ2) is 13.2. The molecule has 200 valence electrons. The van der Waals surface area contributed by atoms with Gasteiger partial charge in [-0.3, -0.25) is 4.79 Å². The zero-order valence-electron chi connectivity index (χ0n) is 23.5. The van der Waals surface area contributed by atoms with Crippen molar-refractivity contribution in [3.8, 4) is 0 Å². The van der Waals surface area contributed by atoms with Crippen molar-refractivity contribution in [3.63, 3.8) is 0 Å². The highest BCUT2D eigenvalue weighted by molar-refractivity contribution is 5.94. The van der Waals surface area contributed by atoms with Gasteiger partial charge in [0.05, 0.1) is 17.6 Å². The van der Waals surface area contributed by atoms with Gasteiger partial charge in [0.25, 0.3) is 5.91 Å². The van der Waals surface area contributed by atoms with Crippen LogP contribution in [-0.4, -0.2) is 45.4 Å². The summed E-state index contributed by atoms with van der Waals surface area (Å²) >= 11 is 0. The van der Waals surface area contributed by atoms with Gasteiger partial charge in [-0.1, -0.05) is 64.3 Å². The van der Waals surface area contributed by atoms with Gasteiger partial charge in [0.1, 0.15) is 5.82 Å². The van der Waals surface area contributed by atoms with Crippen molar-refractivity contribution in [1.29, 1.82) is 0 Å². The Bertz CT molecular complexity index is 1150. The third kappa shape index (κ3) is 7.91. The summed E-state index contributed by atoms with van der Waals surface area (Å²) in [5, 5.41) is 0. The molecule has 1 amide bonds. The number of carbonyl (C=O) groups excluding carboxylic acids is 1. The van der Waals surface area contributed by atoms with E-state index in [1.807, 2.05) is 17.0 Å². The number of fused-ring (bicyclic) bond motifs is 1. The number of amides is 1. The third-order valence-electron chi connectivity index (χ3n) is 7.49. The van der Waals surface area contributed by atoms with E-state index in [1.54, 1.807) is 0 Å². The molecule has 5 heteroatoms. The zero-order chi connectivity index (χ0) is 26.2. The Kier molecular flexibility index (Phi) is 9.79. The van der Waals surface area contributed by atoms with E-state index in [2.05, 4.69) is 73.7 Å². The number of rotatable bonds is 15. The minimum Gasteiger partial charge on any atom is -0.331 e. The molecule has 0 spiro atoms. The lowest BCUT2D eigenvalue weighted by atomic mass is 10.1. The Morgan fingerprint density at radius 1 is 1.03 bits per heavy atom. The molecule has 1 saturated carbocycles. The molecular weight excluding hydrogens is 456 g/mol. The summed E-state index contributed by atoms with van der Waals surface area (Å²) in [6.45, 7) is 11.0. The minimum atomic E-state index is 0.109. The largest absolute Gasteiger partial charge is 0.331 e. The second-order valence-corrected chi connectivity index (χ2v) is 11.5. The van der Waals surface area contributed by atoms with E-state index in [0.29, 0.717) is 12.5 Å². The fraction of sp³-hybridized carbons (Fsp3) is 0.562. The molecule has 0 radical (unpaired) electrons. The first-order valence-electron chi connectivity index (χ1n) is 14.5. The van der Waals surface area contributed by atoms with Crippen LogP contribution < -0.4 is 0 Å². The van der Waals surface area contributed by atoms with Crippen LogP contribution in [0.1, 0.15) is 87.5 Å². The Labute approximate surface area is 223 Å². The van der Waals surface area contributed by atoms with E-state index < -0.39 is 0 Å². The van der Waals surface area contributed by atoms with Gasteiger partial charge in [0, 0.05) is 25.2 Å². The molecule has 0 unspecified atom stereocenters. The highest BCUT2D eigenvalue weighted by atomic mass is 16.2. The summed E-state index contributed by atoms with van der Waals surface area (Å²) in [5.41, 5.74) is 4.20. The molecule has 0 N–H and O–H groups in total. The number of unbranched alkanes of at least 4 members (excludes halogenated alkanes) is 3. The topological polar surface area (TPSA) is 41.4 Å². The van der Waals surface area contributed by atoms with Crippen molar-refractivity contribution in [2.45, 2.75) is 85.4 Å². The van der Waals surface area contributed by atoms with Crippen molar-refractivity contribution in [2.75, 3.05) is 20.1 Å². The van der Waals surface area contributed by atoms with Crippen LogP contribution in [0.4, 0.5) is 0 Å². The maximum atomic E-state index is 13.9. The highest BCUT2D eigenvalue weighted by Crippen LogP contribution is 2.33. The molecule has 3 aromatic rings. The Balaban J connectivity index is 1.51. The van der Waals surface area contributed by atoms with Gasteiger partial charge in [-0.2, -0.15) is 0 Å². The highest BCUT2D eigenvalue weighted by Gasteiger charge is 2.26. The second-order valence-electron chi connectivity index (χ2n) is 11.5. The number of carbonyl (C=O) groups is 1. The summed E-state index contributed by atoms with van der Waals surface area (Å²) in [5.74, 6) is 2.39. The van der Waals surface area contributed by atoms with Gasteiger partial charge in [-0.25, -0.2) is 4.98 Å². The Morgan fingerprint density at radius 2 is 1.84 bits per heavy atom. The number of imidazole rings is 1. The van der Waals surface area contributed by atoms with E-state index in [-0.39, 0.29) is 5.91 Å². The lowest BCUT2D eigenvalue weighted by Crippen LogP contribution is -2.33. The Hall–Kier alpha value is -2.66. The molecule has 0 aliphatic heterocycles. The maximum absolute atomic E-state index is 13.9. The SMILES string of the molecule is CCCCCCN(C)Cc1cccc(C(=O)N(CCC(C)C)Cc2nc3ccccc3n2CC2CC2)c1. The molecule has 5 nitrogen and oxygen atoms in total. The van der Waals surface area contributed by atoms with Crippen LogP contribution in [0.15, 0.2) is 48.5 Å². The minimum absolute atomic E-state index is 0.109. The van der Waals surface area contributed by atoms with Crippen LogP contribution in [-0.2, 0) is 19.6 Å². The maximum Gasteiger partial charge on any atom is 0.254 e. The molecule has 4 rings (SSSR count). The van der Waals surface area contributed by atoms with Crippen LogP contribution in [0.25, 0.3) is 11.0 Å². The summed E-state index contributed by atoms with van der Waals surface area (Å²) in [6.07, 6.45) is 8.65. The van der Waals surface area contributed by atoms with Gasteiger partial charge >= 0.3 is 0 Å². The van der Waals surface area contributed by atoms with Crippen LogP contribution >= 0.6 is 0 Å². The van der Waals surface area contributed by atoms with Crippen LogP contribution in [0.2, 0.25) is 0 Å². The number of para-hydroxylation sites is 2. The van der Waals surface area contributed by atoms with Crippen molar-refractivity contribution in [2.24, 2.45) is 11.8 Å². The summed E-state index contributed by atoms with van der Waals surface area (Å²) in [6, 6.07) is 16.6. The van der Waals surface area contributed by atoms with E-state index >= 15 is 0 Å². The van der Waals surface area contributed by atoms with Crippen LogP contribution in [0.3, 0.4) is 0 Å². The van der Waals surface area contributed by atoms with Gasteiger partial charge in [0.15, 0.2) is 0 Å². The van der Waals surface area contributed by atoms with Crippen molar-refractivity contribution in [3.05, 3.63) is 65.5 Å². The quantitative estimate of drug-likeness (QED) is 0.207. The van der Waals surface area contributed by atoms with Crippen molar-refractivity contribution >= 4 is 16.9 Å². The van der Waals surface area contributed by atoms with E-state index in [1.165, 1.54) is 49.6 Å². The number of aromatic nitrogens is 2. The predicted octanol–water partition coefficient (Wildman–Crippen LogP) is 7.15. The van der Waals surface area contributed by atoms with E-state index in [4.69, 9.17) is 4.98 Å². The first-order chi connectivity index (χ1) is 17.9. The molecule has 0 bridgehead atoms. The van der Waals surface area contributed by atoms with Gasteiger partial charge in [-0.15, -0.1) is 0 Å². The Morgan fingerprint density at radius 3 is 2.59 bits per heavy atom. The molecule has 1 aromatic heterocycles. The van der Waals surface area contributed by atoms with Crippen molar-refractivity contribution < 1.29 is 4.79 Å². The molecule has 1 heterocycles. The van der Waals surface area contributed by atoms with Gasteiger partial charge in [-0.05, 0) is 80.9 Å². The first kappa shape index (κ1) is 27.4. The average molecular weight is 503 g/mol. The normalized spacial score (nSPS) is 13.7. The number of hydrogen-bond acceptors (Lipinski definition) is 3. The van der Waals surface area contributed by atoms with Crippen LogP contribution in [0.5, 0.6) is 0 Å². The molecule has 0 saturated heterocycles. The standard InChI is InChI=1S/C32H46N4O/c1-5-6-7-10-19-34(4)22-27-12-11-13-28(21-27)32(37)35(20-18-25(2)3)24-31-33-29-14-8-9-15-30(29)36(31)23-26-16-17-26/h8-9,11-15,21,25-26H,5-7,10,16-20,22-24H2,1-4H3. The molecule has 2 aromatic carbocycles. The van der Waals surface area contributed by atoms with E-state index in [0.717, 1.165) is 55.4 Å².